The van der Waals surface area contributed by atoms with Crippen molar-refractivity contribution in [2.45, 2.75) is 12.5 Å². The molecule has 6 nitrogen and oxygen atoms in total. The molecule has 0 saturated carbocycles. The number of rotatable bonds is 9. The molecular formula is C26H31N3O3. The van der Waals surface area contributed by atoms with E-state index in [1.165, 1.54) is 11.1 Å². The summed E-state index contributed by atoms with van der Waals surface area (Å²) >= 11 is 0. The van der Waals surface area contributed by atoms with E-state index in [1.807, 2.05) is 24.3 Å². The van der Waals surface area contributed by atoms with Crippen LogP contribution in [0.5, 0.6) is 17.2 Å². The van der Waals surface area contributed by atoms with Gasteiger partial charge in [0.25, 0.3) is 0 Å². The fraction of sp³-hybridized carbons (Fsp3) is 0.269. The van der Waals surface area contributed by atoms with Crippen molar-refractivity contribution < 1.29 is 14.2 Å². The lowest BCUT2D eigenvalue weighted by Crippen LogP contribution is -2.39. The van der Waals surface area contributed by atoms with Gasteiger partial charge in [-0.25, -0.2) is 0 Å². The van der Waals surface area contributed by atoms with Gasteiger partial charge in [-0.2, -0.15) is 0 Å². The van der Waals surface area contributed by atoms with Crippen LogP contribution in [0.4, 0.5) is 0 Å². The molecule has 0 atom stereocenters. The first kappa shape index (κ1) is 23.0. The summed E-state index contributed by atoms with van der Waals surface area (Å²) in [6.07, 6.45) is 0. The van der Waals surface area contributed by atoms with Crippen molar-refractivity contribution in [1.29, 1.82) is 0 Å². The Bertz CT molecular complexity index is 968. The lowest BCUT2D eigenvalue weighted by molar-refractivity contribution is 0.322. The molecule has 6 heteroatoms. The molecule has 0 amide bonds. The summed E-state index contributed by atoms with van der Waals surface area (Å²) in [7, 11) is 6.60. The number of nitrogens with zero attached hydrogens (tertiary/aromatic N) is 1. The van der Waals surface area contributed by atoms with E-state index in [4.69, 9.17) is 14.2 Å². The highest BCUT2D eigenvalue weighted by Gasteiger charge is 2.17. The fourth-order valence-corrected chi connectivity index (χ4v) is 3.70. The molecule has 3 aromatic rings. The Balaban J connectivity index is 1.72. The van der Waals surface area contributed by atoms with E-state index in [0.717, 1.165) is 5.56 Å². The molecular weight excluding hydrogens is 402 g/mol. The Morgan fingerprint density at radius 1 is 0.750 bits per heavy atom. The summed E-state index contributed by atoms with van der Waals surface area (Å²) in [5.74, 6) is 2.75. The molecule has 0 aliphatic carbocycles. The minimum Gasteiger partial charge on any atom is -0.493 e. The third kappa shape index (κ3) is 5.52. The van der Waals surface area contributed by atoms with Gasteiger partial charge in [-0.1, -0.05) is 60.7 Å². The van der Waals surface area contributed by atoms with Gasteiger partial charge in [-0.3, -0.25) is 4.99 Å². The van der Waals surface area contributed by atoms with Crippen LogP contribution in [0.25, 0.3) is 0 Å². The van der Waals surface area contributed by atoms with Crippen molar-refractivity contribution >= 4 is 5.96 Å². The Morgan fingerprint density at radius 3 is 1.84 bits per heavy atom. The van der Waals surface area contributed by atoms with Crippen molar-refractivity contribution in [2.75, 3.05) is 34.9 Å². The van der Waals surface area contributed by atoms with Gasteiger partial charge < -0.3 is 24.8 Å². The predicted octanol–water partition coefficient (Wildman–Crippen LogP) is 4.21. The van der Waals surface area contributed by atoms with Crippen LogP contribution in [0.2, 0.25) is 0 Å². The molecule has 32 heavy (non-hydrogen) atoms. The number of hydrogen-bond donors (Lipinski definition) is 2. The minimum atomic E-state index is 0.201. The quantitative estimate of drug-likeness (QED) is 0.391. The molecule has 0 bridgehead atoms. The summed E-state index contributed by atoms with van der Waals surface area (Å²) in [6, 6.07) is 24.8. The number of guanidine groups is 1. The van der Waals surface area contributed by atoms with Gasteiger partial charge in [0.05, 0.1) is 21.3 Å². The van der Waals surface area contributed by atoms with Crippen molar-refractivity contribution in [3.63, 3.8) is 0 Å². The van der Waals surface area contributed by atoms with E-state index in [9.17, 15) is 0 Å². The fourth-order valence-electron chi connectivity index (χ4n) is 3.70. The van der Waals surface area contributed by atoms with Gasteiger partial charge in [0.1, 0.15) is 0 Å². The lowest BCUT2D eigenvalue weighted by atomic mass is 9.91. The first-order chi connectivity index (χ1) is 15.7. The van der Waals surface area contributed by atoms with Gasteiger partial charge in [0.15, 0.2) is 17.5 Å². The highest BCUT2D eigenvalue weighted by Crippen LogP contribution is 2.39. The minimum absolute atomic E-state index is 0.201. The largest absolute Gasteiger partial charge is 0.493 e. The van der Waals surface area contributed by atoms with Crippen LogP contribution < -0.4 is 24.8 Å². The van der Waals surface area contributed by atoms with Crippen molar-refractivity contribution in [1.82, 2.24) is 10.6 Å². The van der Waals surface area contributed by atoms with Gasteiger partial charge in [-0.15, -0.1) is 0 Å². The topological polar surface area (TPSA) is 64.1 Å². The van der Waals surface area contributed by atoms with Gasteiger partial charge >= 0.3 is 0 Å². The standard InChI is InChI=1S/C26H31N3O3/c1-27-26(28-17-21-15-16-23(30-2)25(32-4)24(21)31-3)29-18-22(19-11-7-5-8-12-19)20-13-9-6-10-14-20/h5-16,22H,17-18H2,1-4H3,(H2,27,28,29). The molecule has 0 radical (unpaired) electrons. The second-order valence-corrected chi connectivity index (χ2v) is 7.17. The van der Waals surface area contributed by atoms with Crippen LogP contribution in [-0.4, -0.2) is 40.9 Å². The normalized spacial score (nSPS) is 11.2. The zero-order chi connectivity index (χ0) is 22.8. The smallest absolute Gasteiger partial charge is 0.203 e. The number of methoxy groups -OCH3 is 3. The third-order valence-corrected chi connectivity index (χ3v) is 5.33. The molecule has 0 aliphatic heterocycles. The Kier molecular flexibility index (Phi) is 8.37. The molecule has 0 saturated heterocycles. The molecule has 2 N–H and O–H groups in total. The van der Waals surface area contributed by atoms with Gasteiger partial charge in [0.2, 0.25) is 5.75 Å². The molecule has 3 rings (SSSR count). The average Bonchev–Trinajstić information content (AvgIpc) is 2.86. The van der Waals surface area contributed by atoms with E-state index in [0.29, 0.717) is 36.3 Å². The predicted molar refractivity (Wildman–Crippen MR) is 129 cm³/mol. The van der Waals surface area contributed by atoms with Crippen LogP contribution in [0.15, 0.2) is 77.8 Å². The molecule has 168 valence electrons. The summed E-state index contributed by atoms with van der Waals surface area (Å²) < 4.78 is 16.4. The number of benzene rings is 3. The lowest BCUT2D eigenvalue weighted by Gasteiger charge is -2.21. The first-order valence-corrected chi connectivity index (χ1v) is 10.5. The number of nitrogens with one attached hydrogen (secondary N) is 2. The molecule has 0 unspecified atom stereocenters. The van der Waals surface area contributed by atoms with Crippen LogP contribution in [0.1, 0.15) is 22.6 Å². The molecule has 0 spiro atoms. The zero-order valence-electron chi connectivity index (χ0n) is 19.1. The van der Waals surface area contributed by atoms with Crippen molar-refractivity contribution in [2.24, 2.45) is 4.99 Å². The number of ether oxygens (including phenoxy) is 3. The number of hydrogen-bond acceptors (Lipinski definition) is 4. The van der Waals surface area contributed by atoms with Crippen LogP contribution >= 0.6 is 0 Å². The highest BCUT2D eigenvalue weighted by atomic mass is 16.5. The first-order valence-electron chi connectivity index (χ1n) is 10.5. The molecule has 3 aromatic carbocycles. The maximum atomic E-state index is 5.58. The summed E-state index contributed by atoms with van der Waals surface area (Å²) in [6.45, 7) is 1.22. The summed E-state index contributed by atoms with van der Waals surface area (Å²) in [5, 5.41) is 6.84. The van der Waals surface area contributed by atoms with E-state index in [1.54, 1.807) is 28.4 Å². The molecule has 0 aliphatic rings. The summed E-state index contributed by atoms with van der Waals surface area (Å²) in [5.41, 5.74) is 3.45. The highest BCUT2D eigenvalue weighted by molar-refractivity contribution is 5.80. The SMILES string of the molecule is CN=C(NCc1ccc(OC)c(OC)c1OC)NCC(c1ccccc1)c1ccccc1. The van der Waals surface area contributed by atoms with Crippen LogP contribution in [0, 0.1) is 0 Å². The van der Waals surface area contributed by atoms with E-state index in [-0.39, 0.29) is 5.92 Å². The Morgan fingerprint density at radius 2 is 1.34 bits per heavy atom. The summed E-state index contributed by atoms with van der Waals surface area (Å²) in [4.78, 5) is 4.39. The maximum absolute atomic E-state index is 5.58. The molecule has 0 heterocycles. The average molecular weight is 434 g/mol. The van der Waals surface area contributed by atoms with Gasteiger partial charge in [-0.05, 0) is 23.3 Å². The van der Waals surface area contributed by atoms with Gasteiger partial charge in [0, 0.05) is 31.6 Å². The van der Waals surface area contributed by atoms with E-state index < -0.39 is 0 Å². The third-order valence-electron chi connectivity index (χ3n) is 5.33. The molecule has 0 aromatic heterocycles. The van der Waals surface area contributed by atoms with Crippen LogP contribution in [0.3, 0.4) is 0 Å². The monoisotopic (exact) mass is 433 g/mol. The Hall–Kier alpha value is -3.67. The van der Waals surface area contributed by atoms with Crippen LogP contribution in [-0.2, 0) is 6.54 Å². The van der Waals surface area contributed by atoms with E-state index >= 15 is 0 Å². The van der Waals surface area contributed by atoms with Crippen molar-refractivity contribution in [3.8, 4) is 17.2 Å². The number of aliphatic imine (C=N–C) groups is 1. The van der Waals surface area contributed by atoms with Crippen molar-refractivity contribution in [3.05, 3.63) is 89.5 Å². The molecule has 0 fully saturated rings. The Labute approximate surface area is 190 Å². The van der Waals surface area contributed by atoms with E-state index in [2.05, 4.69) is 64.2 Å². The zero-order valence-corrected chi connectivity index (χ0v) is 19.1. The second kappa shape index (κ2) is 11.6. The second-order valence-electron chi connectivity index (χ2n) is 7.17. The maximum Gasteiger partial charge on any atom is 0.203 e.